The minimum atomic E-state index is -0.0234. The van der Waals surface area contributed by atoms with Crippen LogP contribution in [-0.2, 0) is 0 Å². The lowest BCUT2D eigenvalue weighted by atomic mass is 10.1. The number of halogens is 2. The summed E-state index contributed by atoms with van der Waals surface area (Å²) in [5.74, 6) is 2.03. The zero-order valence-electron chi connectivity index (χ0n) is 16.0. The first-order valence-electron chi connectivity index (χ1n) is 9.19. The number of amides is 1. The number of anilines is 1. The largest absolute Gasteiger partial charge is 0.493 e. The van der Waals surface area contributed by atoms with Gasteiger partial charge in [0.05, 0.1) is 23.2 Å². The molecule has 8 heteroatoms. The van der Waals surface area contributed by atoms with E-state index in [-0.39, 0.29) is 5.91 Å². The third-order valence-corrected chi connectivity index (χ3v) is 5.34. The Morgan fingerprint density at radius 2 is 2.00 bits per heavy atom. The van der Waals surface area contributed by atoms with Crippen molar-refractivity contribution in [2.75, 3.05) is 44.8 Å². The lowest BCUT2D eigenvalue weighted by Crippen LogP contribution is -2.49. The normalized spacial score (nSPS) is 14.1. The van der Waals surface area contributed by atoms with Crippen LogP contribution in [0.3, 0.4) is 0 Å². The number of pyridine rings is 1. The molecule has 0 bridgehead atoms. The molecule has 1 aliphatic heterocycles. The topological polar surface area (TPSA) is 54.9 Å². The molecule has 0 saturated carbocycles. The highest BCUT2D eigenvalue weighted by Crippen LogP contribution is 2.37. The van der Waals surface area contributed by atoms with E-state index in [0.29, 0.717) is 46.3 Å². The zero-order chi connectivity index (χ0) is 20.1. The van der Waals surface area contributed by atoms with Gasteiger partial charge in [0, 0.05) is 37.9 Å². The third-order valence-electron chi connectivity index (χ3n) is 4.53. The number of hydrogen-bond donors (Lipinski definition) is 0. The van der Waals surface area contributed by atoms with Gasteiger partial charge in [-0.3, -0.25) is 4.79 Å². The number of nitrogens with zero attached hydrogens (tertiary/aromatic N) is 3. The highest BCUT2D eigenvalue weighted by Gasteiger charge is 2.24. The molecule has 1 saturated heterocycles. The lowest BCUT2D eigenvalue weighted by Gasteiger charge is -2.35. The quantitative estimate of drug-likeness (QED) is 0.634. The monoisotopic (exact) mass is 467 g/mol. The van der Waals surface area contributed by atoms with E-state index in [1.807, 2.05) is 24.0 Å². The minimum Gasteiger partial charge on any atom is -0.493 e. The standard InChI is InChI=1S/C20H23BrClN3O3/c1-3-10-28-19-16(21)11-14(12-17(19)27-2)20(26)25-8-6-24(7-9-25)18-5-4-15(22)13-23-18/h4-5,11-13H,3,6-10H2,1-2H3. The summed E-state index contributed by atoms with van der Waals surface area (Å²) >= 11 is 9.41. The number of methoxy groups -OCH3 is 1. The minimum absolute atomic E-state index is 0.0234. The zero-order valence-corrected chi connectivity index (χ0v) is 18.3. The Morgan fingerprint density at radius 1 is 1.25 bits per heavy atom. The second-order valence-electron chi connectivity index (χ2n) is 6.45. The molecule has 2 heterocycles. The Morgan fingerprint density at radius 3 is 2.61 bits per heavy atom. The van der Waals surface area contributed by atoms with Crippen molar-refractivity contribution < 1.29 is 14.3 Å². The molecule has 2 aromatic rings. The summed E-state index contributed by atoms with van der Waals surface area (Å²) in [4.78, 5) is 21.3. The number of aromatic nitrogens is 1. The number of carbonyl (C=O) groups excluding carboxylic acids is 1. The van der Waals surface area contributed by atoms with Crippen molar-refractivity contribution in [2.24, 2.45) is 0 Å². The maximum atomic E-state index is 13.0. The maximum Gasteiger partial charge on any atom is 0.254 e. The van der Waals surface area contributed by atoms with Gasteiger partial charge >= 0.3 is 0 Å². The Bertz CT molecular complexity index is 824. The van der Waals surface area contributed by atoms with Crippen LogP contribution in [-0.4, -0.2) is 55.7 Å². The van der Waals surface area contributed by atoms with Crippen LogP contribution in [0.15, 0.2) is 34.9 Å². The van der Waals surface area contributed by atoms with Crippen molar-refractivity contribution in [2.45, 2.75) is 13.3 Å². The van der Waals surface area contributed by atoms with Gasteiger partial charge in [0.2, 0.25) is 0 Å². The van der Waals surface area contributed by atoms with Crippen LogP contribution < -0.4 is 14.4 Å². The van der Waals surface area contributed by atoms with Crippen LogP contribution in [0.1, 0.15) is 23.7 Å². The van der Waals surface area contributed by atoms with E-state index in [1.165, 1.54) is 0 Å². The predicted molar refractivity (Wildman–Crippen MR) is 114 cm³/mol. The van der Waals surface area contributed by atoms with Gasteiger partial charge in [-0.1, -0.05) is 18.5 Å². The van der Waals surface area contributed by atoms with Gasteiger partial charge < -0.3 is 19.3 Å². The van der Waals surface area contributed by atoms with Gasteiger partial charge in [-0.2, -0.15) is 0 Å². The highest BCUT2D eigenvalue weighted by molar-refractivity contribution is 9.10. The Kier molecular flexibility index (Phi) is 7.02. The number of carbonyl (C=O) groups is 1. The van der Waals surface area contributed by atoms with Crippen LogP contribution in [0, 0.1) is 0 Å². The summed E-state index contributed by atoms with van der Waals surface area (Å²) < 4.78 is 11.9. The Labute approximate surface area is 178 Å². The second-order valence-corrected chi connectivity index (χ2v) is 7.74. The number of piperazine rings is 1. The van der Waals surface area contributed by atoms with Gasteiger partial charge in [-0.05, 0) is 46.6 Å². The van der Waals surface area contributed by atoms with E-state index in [9.17, 15) is 4.79 Å². The average Bonchev–Trinajstić information content (AvgIpc) is 2.72. The average molecular weight is 469 g/mol. The molecule has 0 atom stereocenters. The molecular formula is C20H23BrClN3O3. The molecule has 0 N–H and O–H groups in total. The fourth-order valence-corrected chi connectivity index (χ4v) is 3.73. The third kappa shape index (κ3) is 4.70. The molecule has 6 nitrogen and oxygen atoms in total. The van der Waals surface area contributed by atoms with Crippen LogP contribution in [0.4, 0.5) is 5.82 Å². The Balaban J connectivity index is 1.69. The van der Waals surface area contributed by atoms with E-state index >= 15 is 0 Å². The SMILES string of the molecule is CCCOc1c(Br)cc(C(=O)N2CCN(c3ccc(Cl)cn3)CC2)cc1OC. The number of benzene rings is 1. The maximum absolute atomic E-state index is 13.0. The summed E-state index contributed by atoms with van der Waals surface area (Å²) in [5.41, 5.74) is 0.575. The molecule has 3 rings (SSSR count). The number of rotatable bonds is 6. The fourth-order valence-electron chi connectivity index (χ4n) is 3.06. The van der Waals surface area contributed by atoms with Gasteiger partial charge in [0.25, 0.3) is 5.91 Å². The van der Waals surface area contributed by atoms with Crippen LogP contribution >= 0.6 is 27.5 Å². The molecule has 0 aliphatic carbocycles. The first-order chi connectivity index (χ1) is 13.5. The van der Waals surface area contributed by atoms with Crippen LogP contribution in [0.2, 0.25) is 5.02 Å². The van der Waals surface area contributed by atoms with Crippen LogP contribution in [0.5, 0.6) is 11.5 Å². The van der Waals surface area contributed by atoms with Crippen LogP contribution in [0.25, 0.3) is 0 Å². The van der Waals surface area contributed by atoms with Crippen molar-refractivity contribution in [1.82, 2.24) is 9.88 Å². The van der Waals surface area contributed by atoms with Crippen molar-refractivity contribution >= 4 is 39.3 Å². The molecule has 150 valence electrons. The number of hydrogen-bond acceptors (Lipinski definition) is 5. The van der Waals surface area contributed by atoms with Crippen molar-refractivity contribution in [3.05, 3.63) is 45.5 Å². The summed E-state index contributed by atoms with van der Waals surface area (Å²) in [5, 5.41) is 0.614. The molecule has 1 fully saturated rings. The second kappa shape index (κ2) is 9.47. The summed E-state index contributed by atoms with van der Waals surface area (Å²) in [7, 11) is 1.58. The van der Waals surface area contributed by atoms with E-state index in [4.69, 9.17) is 21.1 Å². The van der Waals surface area contributed by atoms with Gasteiger partial charge in [0.15, 0.2) is 11.5 Å². The predicted octanol–water partition coefficient (Wildman–Crippen LogP) is 4.26. The smallest absolute Gasteiger partial charge is 0.254 e. The molecule has 28 heavy (non-hydrogen) atoms. The van der Waals surface area contributed by atoms with Gasteiger partial charge in [-0.25, -0.2) is 4.98 Å². The Hall–Kier alpha value is -1.99. The first-order valence-corrected chi connectivity index (χ1v) is 10.4. The molecule has 0 spiro atoms. The molecule has 1 amide bonds. The van der Waals surface area contributed by atoms with Gasteiger partial charge in [0.1, 0.15) is 5.82 Å². The summed E-state index contributed by atoms with van der Waals surface area (Å²) in [6.07, 6.45) is 2.53. The van der Waals surface area contributed by atoms with Gasteiger partial charge in [-0.15, -0.1) is 0 Å². The molecule has 0 radical (unpaired) electrons. The van der Waals surface area contributed by atoms with E-state index < -0.39 is 0 Å². The lowest BCUT2D eigenvalue weighted by molar-refractivity contribution is 0.0746. The molecule has 1 aromatic heterocycles. The summed E-state index contributed by atoms with van der Waals surface area (Å²) in [6, 6.07) is 7.26. The molecule has 1 aliphatic rings. The molecular weight excluding hydrogens is 446 g/mol. The van der Waals surface area contributed by atoms with E-state index in [2.05, 4.69) is 25.8 Å². The van der Waals surface area contributed by atoms with E-state index in [1.54, 1.807) is 25.4 Å². The molecule has 0 unspecified atom stereocenters. The van der Waals surface area contributed by atoms with Crippen molar-refractivity contribution in [1.29, 1.82) is 0 Å². The molecule has 1 aromatic carbocycles. The highest BCUT2D eigenvalue weighted by atomic mass is 79.9. The summed E-state index contributed by atoms with van der Waals surface area (Å²) in [6.45, 7) is 5.31. The van der Waals surface area contributed by atoms with Crippen molar-refractivity contribution in [3.63, 3.8) is 0 Å². The van der Waals surface area contributed by atoms with E-state index in [0.717, 1.165) is 25.3 Å². The van der Waals surface area contributed by atoms with Crippen molar-refractivity contribution in [3.8, 4) is 11.5 Å². The first kappa shape index (κ1) is 20.7. The number of ether oxygens (including phenoxy) is 2. The fraction of sp³-hybridized carbons (Fsp3) is 0.400.